The van der Waals surface area contributed by atoms with E-state index in [4.69, 9.17) is 16.9 Å². The molecule has 0 atom stereocenters. The summed E-state index contributed by atoms with van der Waals surface area (Å²) in [7, 11) is 0. The van der Waals surface area contributed by atoms with Gasteiger partial charge in [0.15, 0.2) is 0 Å². The second-order valence-electron chi connectivity index (χ2n) is 3.66. The van der Waals surface area contributed by atoms with E-state index in [2.05, 4.69) is 5.10 Å². The quantitative estimate of drug-likeness (QED) is 0.821. The third kappa shape index (κ3) is 2.29. The standard InChI is InChI=1S/C12H9ClFN3/c1-8-11(13)6-16-17(8)7-9-2-3-12(14)10(4-9)5-15/h2-4,6H,7H2,1H3. The molecule has 0 fully saturated rings. The average Bonchev–Trinajstić information content (AvgIpc) is 2.63. The minimum Gasteiger partial charge on any atom is -0.264 e. The Balaban J connectivity index is 2.31. The molecule has 1 heterocycles. The molecule has 0 aliphatic rings. The lowest BCUT2D eigenvalue weighted by atomic mass is 10.1. The molecule has 0 saturated carbocycles. The van der Waals surface area contributed by atoms with Crippen LogP contribution in [-0.4, -0.2) is 9.78 Å². The molecule has 0 amide bonds. The molecule has 0 saturated heterocycles. The van der Waals surface area contributed by atoms with Crippen molar-refractivity contribution < 1.29 is 4.39 Å². The average molecular weight is 250 g/mol. The minimum atomic E-state index is -0.508. The largest absolute Gasteiger partial charge is 0.264 e. The van der Waals surface area contributed by atoms with E-state index < -0.39 is 5.82 Å². The van der Waals surface area contributed by atoms with Crippen LogP contribution in [0.1, 0.15) is 16.8 Å². The van der Waals surface area contributed by atoms with Crippen LogP contribution in [-0.2, 0) is 6.54 Å². The SMILES string of the molecule is Cc1c(Cl)cnn1Cc1ccc(F)c(C#N)c1. The molecule has 2 aromatic rings. The highest BCUT2D eigenvalue weighted by Crippen LogP contribution is 2.16. The zero-order valence-electron chi connectivity index (χ0n) is 9.11. The fraction of sp³-hybridized carbons (Fsp3) is 0.167. The van der Waals surface area contributed by atoms with Crippen LogP contribution < -0.4 is 0 Å². The van der Waals surface area contributed by atoms with Crippen LogP contribution in [0.2, 0.25) is 5.02 Å². The smallest absolute Gasteiger partial charge is 0.140 e. The molecular formula is C12H9ClFN3. The Morgan fingerprint density at radius 3 is 2.88 bits per heavy atom. The highest BCUT2D eigenvalue weighted by atomic mass is 35.5. The number of benzene rings is 1. The molecule has 1 aromatic heterocycles. The first kappa shape index (κ1) is 11.6. The summed E-state index contributed by atoms with van der Waals surface area (Å²) in [4.78, 5) is 0. The Labute approximate surface area is 103 Å². The van der Waals surface area contributed by atoms with Crippen LogP contribution in [0.3, 0.4) is 0 Å². The van der Waals surface area contributed by atoms with Crippen molar-refractivity contribution in [3.05, 3.63) is 52.1 Å². The van der Waals surface area contributed by atoms with E-state index in [0.717, 1.165) is 11.3 Å². The third-order valence-electron chi connectivity index (χ3n) is 2.53. The molecule has 0 bridgehead atoms. The van der Waals surface area contributed by atoms with Gasteiger partial charge in [0.2, 0.25) is 0 Å². The van der Waals surface area contributed by atoms with Crippen molar-refractivity contribution >= 4 is 11.6 Å². The number of halogens is 2. The lowest BCUT2D eigenvalue weighted by molar-refractivity contribution is 0.619. The van der Waals surface area contributed by atoms with Gasteiger partial charge in [0.25, 0.3) is 0 Å². The van der Waals surface area contributed by atoms with E-state index >= 15 is 0 Å². The Morgan fingerprint density at radius 2 is 2.29 bits per heavy atom. The molecule has 86 valence electrons. The number of nitrogens with zero attached hydrogens (tertiary/aromatic N) is 3. The lowest BCUT2D eigenvalue weighted by Gasteiger charge is -2.05. The van der Waals surface area contributed by atoms with Gasteiger partial charge in [-0.05, 0) is 24.6 Å². The van der Waals surface area contributed by atoms with Gasteiger partial charge in [-0.2, -0.15) is 10.4 Å². The molecule has 5 heteroatoms. The Bertz CT molecular complexity index is 598. The van der Waals surface area contributed by atoms with Gasteiger partial charge < -0.3 is 0 Å². The summed E-state index contributed by atoms with van der Waals surface area (Å²) >= 11 is 5.88. The van der Waals surface area contributed by atoms with Gasteiger partial charge in [-0.3, -0.25) is 4.68 Å². The molecule has 0 unspecified atom stereocenters. The van der Waals surface area contributed by atoms with E-state index in [9.17, 15) is 4.39 Å². The predicted molar refractivity (Wildman–Crippen MR) is 62.2 cm³/mol. The summed E-state index contributed by atoms with van der Waals surface area (Å²) in [5.74, 6) is -0.508. The van der Waals surface area contributed by atoms with Crippen LogP contribution in [0.4, 0.5) is 4.39 Å². The van der Waals surface area contributed by atoms with Crippen molar-refractivity contribution in [1.29, 1.82) is 5.26 Å². The van der Waals surface area contributed by atoms with E-state index in [1.165, 1.54) is 12.1 Å². The van der Waals surface area contributed by atoms with Gasteiger partial charge in [0.05, 0.1) is 29.0 Å². The fourth-order valence-electron chi connectivity index (χ4n) is 1.51. The number of nitriles is 1. The normalized spacial score (nSPS) is 10.2. The Hall–Kier alpha value is -1.86. The molecule has 2 rings (SSSR count). The van der Waals surface area contributed by atoms with E-state index in [0.29, 0.717) is 11.6 Å². The predicted octanol–water partition coefficient (Wildman–Crippen LogP) is 2.90. The van der Waals surface area contributed by atoms with Crippen LogP contribution in [0.25, 0.3) is 0 Å². The van der Waals surface area contributed by atoms with Gasteiger partial charge >= 0.3 is 0 Å². The van der Waals surface area contributed by atoms with Crippen LogP contribution in [0, 0.1) is 24.1 Å². The van der Waals surface area contributed by atoms with E-state index in [-0.39, 0.29) is 5.56 Å². The Kier molecular flexibility index (Phi) is 3.12. The van der Waals surface area contributed by atoms with E-state index in [1.54, 1.807) is 16.9 Å². The van der Waals surface area contributed by atoms with Gasteiger partial charge in [0.1, 0.15) is 11.9 Å². The van der Waals surface area contributed by atoms with Crippen molar-refractivity contribution in [2.45, 2.75) is 13.5 Å². The highest BCUT2D eigenvalue weighted by Gasteiger charge is 2.07. The summed E-state index contributed by atoms with van der Waals surface area (Å²) in [5, 5.41) is 13.4. The summed E-state index contributed by atoms with van der Waals surface area (Å²) < 4.78 is 14.8. The summed E-state index contributed by atoms with van der Waals surface area (Å²) in [5.41, 5.74) is 1.69. The molecule has 0 aliphatic heterocycles. The van der Waals surface area contributed by atoms with Crippen molar-refractivity contribution in [3.63, 3.8) is 0 Å². The fourth-order valence-corrected chi connectivity index (χ4v) is 1.65. The molecule has 1 aromatic carbocycles. The van der Waals surface area contributed by atoms with Gasteiger partial charge in [-0.1, -0.05) is 17.7 Å². The van der Waals surface area contributed by atoms with Gasteiger partial charge in [0, 0.05) is 0 Å². The molecular weight excluding hydrogens is 241 g/mol. The molecule has 0 N–H and O–H groups in total. The van der Waals surface area contributed by atoms with Crippen LogP contribution >= 0.6 is 11.6 Å². The first-order valence-corrected chi connectivity index (χ1v) is 5.36. The van der Waals surface area contributed by atoms with Crippen molar-refractivity contribution in [1.82, 2.24) is 9.78 Å². The van der Waals surface area contributed by atoms with E-state index in [1.807, 2.05) is 13.0 Å². The molecule has 0 radical (unpaired) electrons. The number of hydrogen-bond acceptors (Lipinski definition) is 2. The van der Waals surface area contributed by atoms with Gasteiger partial charge in [-0.15, -0.1) is 0 Å². The maximum absolute atomic E-state index is 13.1. The maximum atomic E-state index is 13.1. The summed E-state index contributed by atoms with van der Waals surface area (Å²) in [6.45, 7) is 2.32. The minimum absolute atomic E-state index is 0.0402. The number of rotatable bonds is 2. The first-order chi connectivity index (χ1) is 8.11. The third-order valence-corrected chi connectivity index (χ3v) is 2.90. The zero-order chi connectivity index (χ0) is 12.4. The topological polar surface area (TPSA) is 41.6 Å². The first-order valence-electron chi connectivity index (χ1n) is 4.98. The molecule has 0 spiro atoms. The monoisotopic (exact) mass is 249 g/mol. The van der Waals surface area contributed by atoms with Crippen molar-refractivity contribution in [2.75, 3.05) is 0 Å². The van der Waals surface area contributed by atoms with Crippen LogP contribution in [0.5, 0.6) is 0 Å². The zero-order valence-corrected chi connectivity index (χ0v) is 9.87. The second-order valence-corrected chi connectivity index (χ2v) is 4.07. The molecule has 0 aliphatic carbocycles. The highest BCUT2D eigenvalue weighted by molar-refractivity contribution is 6.31. The van der Waals surface area contributed by atoms with Crippen molar-refractivity contribution in [2.24, 2.45) is 0 Å². The summed E-state index contributed by atoms with van der Waals surface area (Å²) in [6, 6.07) is 6.24. The molecule has 3 nitrogen and oxygen atoms in total. The summed E-state index contributed by atoms with van der Waals surface area (Å²) in [6.07, 6.45) is 1.56. The number of aromatic nitrogens is 2. The van der Waals surface area contributed by atoms with Crippen molar-refractivity contribution in [3.8, 4) is 6.07 Å². The van der Waals surface area contributed by atoms with Crippen LogP contribution in [0.15, 0.2) is 24.4 Å². The second kappa shape index (κ2) is 4.56. The maximum Gasteiger partial charge on any atom is 0.140 e. The van der Waals surface area contributed by atoms with Gasteiger partial charge in [-0.25, -0.2) is 4.39 Å². The lowest BCUT2D eigenvalue weighted by Crippen LogP contribution is -2.04. The number of hydrogen-bond donors (Lipinski definition) is 0. The Morgan fingerprint density at radius 1 is 1.53 bits per heavy atom. The molecule has 17 heavy (non-hydrogen) atoms.